The summed E-state index contributed by atoms with van der Waals surface area (Å²) >= 11 is 0. The summed E-state index contributed by atoms with van der Waals surface area (Å²) in [4.78, 5) is 30.5. The average molecular weight is 374 g/mol. The van der Waals surface area contributed by atoms with Gasteiger partial charge in [0.1, 0.15) is 0 Å². The molecular weight excluding hydrogens is 366 g/mol. The van der Waals surface area contributed by atoms with Crippen LogP contribution < -0.4 is 0 Å². The van der Waals surface area contributed by atoms with E-state index in [4.69, 9.17) is 20.4 Å². The number of hydrogen-bond donors (Lipinski definition) is 4. The fourth-order valence-corrected chi connectivity index (χ4v) is 0.714. The van der Waals surface area contributed by atoms with Crippen molar-refractivity contribution in [2.75, 3.05) is 0 Å². The molecule has 0 aromatic carbocycles. The SMILES string of the molecule is O=C(O)CC(O)(CC(=O)O)C(=O)O.[O-2].[O-2].[O-2].[O-2].[O-2].[V].[V]. The minimum absolute atomic E-state index is 0. The second-order valence-electron chi connectivity index (χ2n) is 2.48. The van der Waals surface area contributed by atoms with Crippen molar-refractivity contribution in [1.82, 2.24) is 0 Å². The summed E-state index contributed by atoms with van der Waals surface area (Å²) in [6.45, 7) is 0. The molecule has 0 rings (SSSR count). The summed E-state index contributed by atoms with van der Waals surface area (Å²) in [6.07, 6.45) is -2.29. The second-order valence-corrected chi connectivity index (χ2v) is 2.48. The van der Waals surface area contributed by atoms with Crippen LogP contribution in [0.15, 0.2) is 0 Å². The number of carboxylic acids is 3. The Morgan fingerprint density at radius 1 is 0.700 bits per heavy atom. The first-order chi connectivity index (χ1) is 5.78. The molecule has 4 N–H and O–H groups in total. The Bertz CT molecular complexity index is 240. The number of carboxylic acid groups (broad SMARTS) is 3. The monoisotopic (exact) mass is 374 g/mol. The fourth-order valence-electron chi connectivity index (χ4n) is 0.714. The first-order valence-electron chi connectivity index (χ1n) is 3.17. The molecule has 0 aliphatic carbocycles. The van der Waals surface area contributed by atoms with Gasteiger partial charge >= 0.3 is 17.9 Å². The molecule has 0 spiro atoms. The zero-order chi connectivity index (χ0) is 10.6. The zero-order valence-corrected chi connectivity index (χ0v) is 12.2. The Morgan fingerprint density at radius 2 is 0.900 bits per heavy atom. The van der Waals surface area contributed by atoms with E-state index >= 15 is 0 Å². The van der Waals surface area contributed by atoms with Crippen molar-refractivity contribution < 1.29 is 99.3 Å². The van der Waals surface area contributed by atoms with E-state index in [1.54, 1.807) is 0 Å². The molecule has 0 aromatic rings. The molecule has 2 radical (unpaired) electrons. The number of hydrogen-bond acceptors (Lipinski definition) is 4. The van der Waals surface area contributed by atoms with E-state index in [2.05, 4.69) is 0 Å². The topological polar surface area (TPSA) is 275 Å². The van der Waals surface area contributed by atoms with Crippen LogP contribution in [0, 0.1) is 0 Å². The van der Waals surface area contributed by atoms with Gasteiger partial charge in [-0.05, 0) is 0 Å². The van der Waals surface area contributed by atoms with Crippen LogP contribution in [0.5, 0.6) is 0 Å². The van der Waals surface area contributed by atoms with Crippen LogP contribution in [0.2, 0.25) is 0 Å². The van der Waals surface area contributed by atoms with Gasteiger partial charge in [-0.3, -0.25) is 9.59 Å². The third-order valence-electron chi connectivity index (χ3n) is 1.29. The van der Waals surface area contributed by atoms with Crippen molar-refractivity contribution in [1.29, 1.82) is 0 Å². The van der Waals surface area contributed by atoms with Gasteiger partial charge in [0.15, 0.2) is 5.60 Å². The Balaban J connectivity index is -0.0000000343. The van der Waals surface area contributed by atoms with E-state index in [1.807, 2.05) is 0 Å². The summed E-state index contributed by atoms with van der Waals surface area (Å²) < 4.78 is 0. The average Bonchev–Trinajstić information content (AvgIpc) is 1.82. The van der Waals surface area contributed by atoms with Crippen LogP contribution in [0.25, 0.3) is 0 Å². The quantitative estimate of drug-likeness (QED) is 0.425. The second kappa shape index (κ2) is 20.7. The molecule has 0 unspecified atom stereocenters. The van der Waals surface area contributed by atoms with Crippen LogP contribution in [0.4, 0.5) is 0 Å². The molecule has 0 amide bonds. The van der Waals surface area contributed by atoms with Crippen LogP contribution in [-0.4, -0.2) is 43.9 Å². The largest absolute Gasteiger partial charge is 2.00 e. The summed E-state index contributed by atoms with van der Waals surface area (Å²) in [5, 5.41) is 33.8. The maximum Gasteiger partial charge on any atom is 0.336 e. The standard InChI is InChI=1S/C6H8O7.5O.2V/c7-3(8)1-6(13,5(11)12)2-4(9)10;;;;;;;/h13H,1-2H2,(H,7,8)(H,9,10)(H,11,12);;;;;;;/q;5*-2;;. The predicted octanol–water partition coefficient (Wildman–Crippen LogP) is -1.85. The molecule has 0 aliphatic heterocycles. The number of aliphatic hydroxyl groups is 1. The third-order valence-corrected chi connectivity index (χ3v) is 1.29. The van der Waals surface area contributed by atoms with E-state index in [1.165, 1.54) is 0 Å². The summed E-state index contributed by atoms with van der Waals surface area (Å²) in [6, 6.07) is 0. The van der Waals surface area contributed by atoms with Crippen molar-refractivity contribution in [2.45, 2.75) is 18.4 Å². The van der Waals surface area contributed by atoms with E-state index in [-0.39, 0.29) is 64.5 Å². The Morgan fingerprint density at radius 3 is 1.00 bits per heavy atom. The number of carbonyl (C=O) groups is 3. The van der Waals surface area contributed by atoms with Crippen molar-refractivity contribution in [2.24, 2.45) is 0 Å². The van der Waals surface area contributed by atoms with Crippen molar-refractivity contribution in [3.05, 3.63) is 0 Å². The Hall–Kier alpha value is -0.661. The number of aliphatic carboxylic acids is 3. The van der Waals surface area contributed by atoms with E-state index in [0.29, 0.717) is 0 Å². The van der Waals surface area contributed by atoms with Gasteiger partial charge in [-0.25, -0.2) is 4.79 Å². The van der Waals surface area contributed by atoms with Gasteiger partial charge in [0.25, 0.3) is 0 Å². The first kappa shape index (κ1) is 50.6. The van der Waals surface area contributed by atoms with Gasteiger partial charge in [0.05, 0.1) is 12.8 Å². The van der Waals surface area contributed by atoms with Gasteiger partial charge in [0.2, 0.25) is 0 Å². The molecule has 124 valence electrons. The van der Waals surface area contributed by atoms with Crippen LogP contribution in [-0.2, 0) is 78.9 Å². The molecule has 0 bridgehead atoms. The molecule has 0 saturated heterocycles. The maximum atomic E-state index is 10.3. The smallest absolute Gasteiger partial charge is 0.336 e. The molecule has 0 heterocycles. The van der Waals surface area contributed by atoms with Crippen LogP contribution in [0.1, 0.15) is 12.8 Å². The summed E-state index contributed by atoms with van der Waals surface area (Å²) in [7, 11) is 0. The van der Waals surface area contributed by atoms with Gasteiger partial charge in [-0.2, -0.15) is 0 Å². The summed E-state index contributed by atoms with van der Waals surface area (Å²) in [5.41, 5.74) is -2.74. The Labute approximate surface area is 136 Å². The van der Waals surface area contributed by atoms with Gasteiger partial charge in [-0.15, -0.1) is 0 Å². The van der Waals surface area contributed by atoms with Gasteiger partial charge in [-0.1, -0.05) is 0 Å². The Kier molecular flexibility index (Phi) is 52.2. The molecular formula is C6H8O12V2-10. The molecule has 0 aromatic heterocycles. The minimum Gasteiger partial charge on any atom is -2.00 e. The predicted molar refractivity (Wildman–Crippen MR) is 40.5 cm³/mol. The zero-order valence-electron chi connectivity index (χ0n) is 9.36. The molecule has 0 aliphatic rings. The number of rotatable bonds is 5. The van der Waals surface area contributed by atoms with Crippen molar-refractivity contribution >= 4 is 17.9 Å². The maximum absolute atomic E-state index is 10.3. The van der Waals surface area contributed by atoms with Gasteiger partial charge in [0, 0.05) is 37.1 Å². The fraction of sp³-hybridized carbons (Fsp3) is 0.500. The van der Waals surface area contributed by atoms with E-state index < -0.39 is 36.4 Å². The molecule has 12 nitrogen and oxygen atoms in total. The van der Waals surface area contributed by atoms with Crippen molar-refractivity contribution in [3.63, 3.8) is 0 Å². The molecule has 0 saturated carbocycles. The van der Waals surface area contributed by atoms with E-state index in [9.17, 15) is 14.4 Å². The van der Waals surface area contributed by atoms with Gasteiger partial charge < -0.3 is 47.8 Å². The summed E-state index contributed by atoms with van der Waals surface area (Å²) in [5.74, 6) is -5.02. The van der Waals surface area contributed by atoms with Crippen molar-refractivity contribution in [3.8, 4) is 0 Å². The molecule has 0 atom stereocenters. The molecule has 14 heteroatoms. The van der Waals surface area contributed by atoms with Crippen LogP contribution in [0.3, 0.4) is 0 Å². The molecule has 20 heavy (non-hydrogen) atoms. The van der Waals surface area contributed by atoms with E-state index in [0.717, 1.165) is 0 Å². The molecule has 0 fully saturated rings. The first-order valence-corrected chi connectivity index (χ1v) is 3.17. The minimum atomic E-state index is -2.74. The normalized spacial score (nSPS) is 7.05. The van der Waals surface area contributed by atoms with Crippen LogP contribution >= 0.6 is 0 Å². The third kappa shape index (κ3) is 19.7.